The maximum Gasteiger partial charge on any atom is 0.263 e. The number of fused-ring (bicyclic) bond motifs is 1. The second-order valence-corrected chi connectivity index (χ2v) is 6.14. The summed E-state index contributed by atoms with van der Waals surface area (Å²) in [5.74, 6) is 0. The summed E-state index contributed by atoms with van der Waals surface area (Å²) in [5, 5.41) is 0.733. The molecule has 0 amide bonds. The van der Waals surface area contributed by atoms with Crippen molar-refractivity contribution in [1.82, 2.24) is 9.55 Å². The fourth-order valence-electron chi connectivity index (χ4n) is 2.18. The lowest BCUT2D eigenvalue weighted by Gasteiger charge is -2.06. The van der Waals surface area contributed by atoms with Crippen LogP contribution in [0, 0.1) is 4.77 Å². The van der Waals surface area contributed by atoms with E-state index in [0.29, 0.717) is 11.3 Å². The molecule has 102 valence electrons. The van der Waals surface area contributed by atoms with Gasteiger partial charge in [0.05, 0.1) is 11.9 Å². The second kappa shape index (κ2) is 5.34. The SMILES string of the molecule is CCc1cc2c(=O)n(Cc3ccccc3)c(=S)[nH]c2s1. The van der Waals surface area contributed by atoms with E-state index in [9.17, 15) is 4.79 Å². The molecule has 0 bridgehead atoms. The first kappa shape index (κ1) is 13.3. The third-order valence-corrected chi connectivity index (χ3v) is 4.77. The number of hydrogen-bond donors (Lipinski definition) is 1. The van der Waals surface area contributed by atoms with Crippen molar-refractivity contribution < 1.29 is 0 Å². The van der Waals surface area contributed by atoms with Gasteiger partial charge in [-0.05, 0) is 30.3 Å². The van der Waals surface area contributed by atoms with Crippen LogP contribution in [-0.4, -0.2) is 9.55 Å². The summed E-state index contributed by atoms with van der Waals surface area (Å²) in [6, 6.07) is 11.8. The van der Waals surface area contributed by atoms with Crippen molar-refractivity contribution >= 4 is 33.8 Å². The monoisotopic (exact) mass is 302 g/mol. The van der Waals surface area contributed by atoms with Gasteiger partial charge in [-0.3, -0.25) is 9.36 Å². The van der Waals surface area contributed by atoms with Crippen molar-refractivity contribution in [3.63, 3.8) is 0 Å². The minimum Gasteiger partial charge on any atom is -0.323 e. The van der Waals surface area contributed by atoms with E-state index in [1.54, 1.807) is 15.9 Å². The summed E-state index contributed by atoms with van der Waals surface area (Å²) in [6.07, 6.45) is 0.929. The Balaban J connectivity index is 2.16. The maximum atomic E-state index is 12.6. The third-order valence-electron chi connectivity index (χ3n) is 3.26. The molecule has 0 aliphatic heterocycles. The second-order valence-electron chi connectivity index (χ2n) is 4.62. The highest BCUT2D eigenvalue weighted by Crippen LogP contribution is 2.21. The molecule has 3 nitrogen and oxygen atoms in total. The van der Waals surface area contributed by atoms with Crippen LogP contribution in [0.3, 0.4) is 0 Å². The van der Waals surface area contributed by atoms with Gasteiger partial charge >= 0.3 is 0 Å². The van der Waals surface area contributed by atoms with Gasteiger partial charge in [0.25, 0.3) is 5.56 Å². The van der Waals surface area contributed by atoms with Crippen LogP contribution >= 0.6 is 23.6 Å². The normalized spacial score (nSPS) is 11.1. The number of nitrogens with one attached hydrogen (secondary N) is 1. The van der Waals surface area contributed by atoms with Gasteiger partial charge in [-0.2, -0.15) is 0 Å². The number of benzene rings is 1. The molecule has 0 saturated heterocycles. The average Bonchev–Trinajstić information content (AvgIpc) is 2.88. The molecule has 0 aliphatic carbocycles. The highest BCUT2D eigenvalue weighted by molar-refractivity contribution is 7.71. The van der Waals surface area contributed by atoms with Crippen molar-refractivity contribution in [1.29, 1.82) is 0 Å². The molecule has 0 saturated carbocycles. The number of aryl methyl sites for hydroxylation is 1. The number of aromatic nitrogens is 2. The van der Waals surface area contributed by atoms with E-state index in [1.165, 1.54) is 4.88 Å². The minimum absolute atomic E-state index is 0.0106. The standard InChI is InChI=1S/C15H14N2OS2/c1-2-11-8-12-13(20-11)16-15(19)17(14(12)18)9-10-6-4-3-5-7-10/h3-8H,2,9H2,1H3,(H,16,19). The molecule has 5 heteroatoms. The first-order chi connectivity index (χ1) is 9.69. The Morgan fingerprint density at radius 3 is 2.75 bits per heavy atom. The van der Waals surface area contributed by atoms with Crippen molar-refractivity contribution in [2.24, 2.45) is 0 Å². The summed E-state index contributed by atoms with van der Waals surface area (Å²) < 4.78 is 2.11. The summed E-state index contributed by atoms with van der Waals surface area (Å²) >= 11 is 6.93. The van der Waals surface area contributed by atoms with Gasteiger partial charge in [0.1, 0.15) is 4.83 Å². The maximum absolute atomic E-state index is 12.6. The largest absolute Gasteiger partial charge is 0.323 e. The lowest BCUT2D eigenvalue weighted by atomic mass is 10.2. The van der Waals surface area contributed by atoms with Crippen LogP contribution in [0.25, 0.3) is 10.2 Å². The van der Waals surface area contributed by atoms with Gasteiger partial charge in [-0.25, -0.2) is 0 Å². The Kier molecular flexibility index (Phi) is 3.54. The van der Waals surface area contributed by atoms with Crippen LogP contribution < -0.4 is 5.56 Å². The Labute approximate surface area is 125 Å². The lowest BCUT2D eigenvalue weighted by molar-refractivity contribution is 0.735. The molecule has 0 atom stereocenters. The van der Waals surface area contributed by atoms with Gasteiger partial charge in [-0.15, -0.1) is 11.3 Å². The first-order valence-electron chi connectivity index (χ1n) is 6.48. The lowest BCUT2D eigenvalue weighted by Crippen LogP contribution is -2.22. The number of H-pyrrole nitrogens is 1. The Morgan fingerprint density at radius 2 is 2.05 bits per heavy atom. The molecule has 0 aliphatic rings. The van der Waals surface area contributed by atoms with Crippen LogP contribution in [0.1, 0.15) is 17.4 Å². The van der Waals surface area contributed by atoms with E-state index in [4.69, 9.17) is 12.2 Å². The third kappa shape index (κ3) is 2.34. The van der Waals surface area contributed by atoms with Crippen LogP contribution in [0.2, 0.25) is 0 Å². The molecule has 0 fully saturated rings. The molecule has 0 spiro atoms. The number of aromatic amines is 1. The van der Waals surface area contributed by atoms with Gasteiger partial charge in [0.15, 0.2) is 4.77 Å². The van der Waals surface area contributed by atoms with Gasteiger partial charge in [0.2, 0.25) is 0 Å². The minimum atomic E-state index is -0.0106. The van der Waals surface area contributed by atoms with E-state index in [1.807, 2.05) is 36.4 Å². The molecule has 3 rings (SSSR count). The molecule has 0 unspecified atom stereocenters. The van der Waals surface area contributed by atoms with E-state index in [-0.39, 0.29) is 5.56 Å². The van der Waals surface area contributed by atoms with Crippen LogP contribution in [-0.2, 0) is 13.0 Å². The van der Waals surface area contributed by atoms with E-state index in [2.05, 4.69) is 11.9 Å². The van der Waals surface area contributed by atoms with E-state index in [0.717, 1.165) is 22.2 Å². The van der Waals surface area contributed by atoms with Crippen molar-refractivity contribution in [3.8, 4) is 0 Å². The summed E-state index contributed by atoms with van der Waals surface area (Å²) in [4.78, 5) is 17.8. The highest BCUT2D eigenvalue weighted by Gasteiger charge is 2.09. The topological polar surface area (TPSA) is 37.8 Å². The average molecular weight is 302 g/mol. The fourth-order valence-corrected chi connectivity index (χ4v) is 3.48. The molecular weight excluding hydrogens is 288 g/mol. The summed E-state index contributed by atoms with van der Waals surface area (Å²) in [7, 11) is 0. The predicted molar refractivity (Wildman–Crippen MR) is 86.2 cm³/mol. The smallest absolute Gasteiger partial charge is 0.263 e. The quantitative estimate of drug-likeness (QED) is 0.749. The number of rotatable bonds is 3. The molecule has 3 aromatic rings. The van der Waals surface area contributed by atoms with Gasteiger partial charge < -0.3 is 4.98 Å². The molecular formula is C15H14N2OS2. The zero-order valence-corrected chi connectivity index (χ0v) is 12.7. The van der Waals surface area contributed by atoms with Crippen LogP contribution in [0.5, 0.6) is 0 Å². The number of thiophene rings is 1. The Hall–Kier alpha value is -1.72. The Bertz CT molecular complexity index is 859. The highest BCUT2D eigenvalue weighted by atomic mass is 32.1. The molecule has 2 heterocycles. The zero-order chi connectivity index (χ0) is 14.1. The van der Waals surface area contributed by atoms with Crippen molar-refractivity contribution in [2.45, 2.75) is 19.9 Å². The first-order valence-corrected chi connectivity index (χ1v) is 7.71. The molecule has 1 aromatic carbocycles. The van der Waals surface area contributed by atoms with Gasteiger partial charge in [-0.1, -0.05) is 37.3 Å². The fraction of sp³-hybridized carbons (Fsp3) is 0.200. The van der Waals surface area contributed by atoms with E-state index < -0.39 is 0 Å². The summed E-state index contributed by atoms with van der Waals surface area (Å²) in [6.45, 7) is 2.59. The molecule has 1 N–H and O–H groups in total. The Morgan fingerprint density at radius 1 is 1.30 bits per heavy atom. The number of nitrogens with zero attached hydrogens (tertiary/aromatic N) is 1. The van der Waals surface area contributed by atoms with E-state index >= 15 is 0 Å². The van der Waals surface area contributed by atoms with Crippen molar-refractivity contribution in [2.75, 3.05) is 0 Å². The van der Waals surface area contributed by atoms with Crippen molar-refractivity contribution in [3.05, 3.63) is 62.0 Å². The number of hydrogen-bond acceptors (Lipinski definition) is 3. The predicted octanol–water partition coefficient (Wildman–Crippen LogP) is 3.73. The molecule has 20 heavy (non-hydrogen) atoms. The zero-order valence-electron chi connectivity index (χ0n) is 11.1. The van der Waals surface area contributed by atoms with Crippen LogP contribution in [0.4, 0.5) is 0 Å². The van der Waals surface area contributed by atoms with Gasteiger partial charge in [0, 0.05) is 4.88 Å². The molecule has 0 radical (unpaired) electrons. The molecule has 2 aromatic heterocycles. The summed E-state index contributed by atoms with van der Waals surface area (Å²) in [5.41, 5.74) is 1.06. The van der Waals surface area contributed by atoms with Crippen LogP contribution in [0.15, 0.2) is 41.2 Å².